The molecule has 0 bridgehead atoms. The minimum atomic E-state index is 0.437. The predicted molar refractivity (Wildman–Crippen MR) is 76.2 cm³/mol. The maximum Gasteiger partial charge on any atom is 0.00382 e. The van der Waals surface area contributed by atoms with E-state index in [9.17, 15) is 0 Å². The molecule has 1 aliphatic rings. The molecular weight excluding hydrogens is 214 g/mol. The first-order valence-electron chi connectivity index (χ1n) is 6.51. The van der Waals surface area contributed by atoms with E-state index in [1.807, 2.05) is 0 Å². The number of rotatable bonds is 4. The fourth-order valence-corrected chi connectivity index (χ4v) is 3.52. The van der Waals surface area contributed by atoms with Crippen LogP contribution >= 0.6 is 12.6 Å². The number of nitrogens with zero attached hydrogens (tertiary/aromatic N) is 1. The summed E-state index contributed by atoms with van der Waals surface area (Å²) < 4.78 is 0. The number of hydrogen-bond donors (Lipinski definition) is 1. The Morgan fingerprint density at radius 3 is 2.06 bits per heavy atom. The van der Waals surface area contributed by atoms with Crippen molar-refractivity contribution >= 4 is 12.6 Å². The van der Waals surface area contributed by atoms with E-state index in [1.165, 1.54) is 19.5 Å². The van der Waals surface area contributed by atoms with Crippen LogP contribution in [0.15, 0.2) is 0 Å². The van der Waals surface area contributed by atoms with E-state index in [0.717, 1.165) is 17.6 Å². The van der Waals surface area contributed by atoms with Gasteiger partial charge in [-0.2, -0.15) is 12.6 Å². The van der Waals surface area contributed by atoms with Crippen LogP contribution in [0.1, 0.15) is 41.0 Å². The quantitative estimate of drug-likeness (QED) is 0.739. The highest BCUT2D eigenvalue weighted by atomic mass is 32.1. The molecule has 0 saturated carbocycles. The van der Waals surface area contributed by atoms with Crippen LogP contribution in [-0.2, 0) is 0 Å². The maximum atomic E-state index is 4.43. The van der Waals surface area contributed by atoms with E-state index in [-0.39, 0.29) is 0 Å². The third-order valence-electron chi connectivity index (χ3n) is 4.95. The van der Waals surface area contributed by atoms with E-state index in [4.69, 9.17) is 0 Å². The average Bonchev–Trinajstić information content (AvgIpc) is 2.33. The molecule has 0 aromatic heterocycles. The minimum Gasteiger partial charge on any atom is -0.305 e. The summed E-state index contributed by atoms with van der Waals surface area (Å²) in [4.78, 5) is 2.48. The molecule has 0 N–H and O–H groups in total. The van der Waals surface area contributed by atoms with Crippen LogP contribution in [0, 0.1) is 22.7 Å². The molecule has 1 heterocycles. The highest BCUT2D eigenvalue weighted by Crippen LogP contribution is 2.49. The Morgan fingerprint density at radius 1 is 1.12 bits per heavy atom. The first-order valence-corrected chi connectivity index (χ1v) is 7.14. The lowest BCUT2D eigenvalue weighted by Gasteiger charge is -2.40. The van der Waals surface area contributed by atoms with Gasteiger partial charge in [0.05, 0.1) is 0 Å². The molecular formula is C14H29NS. The number of likely N-dealkylation sites (tertiary alicyclic amines) is 1. The van der Waals surface area contributed by atoms with Crippen molar-refractivity contribution in [2.75, 3.05) is 25.9 Å². The van der Waals surface area contributed by atoms with Gasteiger partial charge in [-0.25, -0.2) is 0 Å². The smallest absolute Gasteiger partial charge is 0.00382 e. The van der Waals surface area contributed by atoms with Crippen LogP contribution in [0.3, 0.4) is 0 Å². The van der Waals surface area contributed by atoms with Gasteiger partial charge < -0.3 is 4.90 Å². The molecule has 0 spiro atoms. The predicted octanol–water partition coefficient (Wildman–Crippen LogP) is 3.56. The summed E-state index contributed by atoms with van der Waals surface area (Å²) in [5, 5.41) is 0. The van der Waals surface area contributed by atoms with Crippen LogP contribution in [0.25, 0.3) is 0 Å². The van der Waals surface area contributed by atoms with Crippen molar-refractivity contribution in [3.05, 3.63) is 0 Å². The molecule has 1 fully saturated rings. The summed E-state index contributed by atoms with van der Waals surface area (Å²) in [7, 11) is 2.25. The lowest BCUT2D eigenvalue weighted by Crippen LogP contribution is -2.36. The fourth-order valence-electron chi connectivity index (χ4n) is 3.16. The van der Waals surface area contributed by atoms with Gasteiger partial charge >= 0.3 is 0 Å². The molecule has 2 heteroatoms. The van der Waals surface area contributed by atoms with Gasteiger partial charge in [0, 0.05) is 13.1 Å². The third-order valence-corrected chi connectivity index (χ3v) is 5.53. The van der Waals surface area contributed by atoms with E-state index in [0.29, 0.717) is 10.8 Å². The molecule has 1 aliphatic heterocycles. The second-order valence-corrected chi connectivity index (χ2v) is 7.32. The zero-order chi connectivity index (χ0) is 12.6. The molecule has 0 aromatic rings. The van der Waals surface area contributed by atoms with Crippen molar-refractivity contribution in [1.29, 1.82) is 0 Å². The second-order valence-electron chi connectivity index (χ2n) is 6.96. The molecule has 3 atom stereocenters. The Morgan fingerprint density at radius 2 is 1.69 bits per heavy atom. The second kappa shape index (κ2) is 4.89. The Bertz CT molecular complexity index is 239. The SMILES string of the molecule is CC(CS)C(C)CC1(C)CN(C)CC1(C)C. The van der Waals surface area contributed by atoms with Crippen molar-refractivity contribution in [1.82, 2.24) is 4.90 Å². The zero-order valence-electron chi connectivity index (χ0n) is 11.9. The topological polar surface area (TPSA) is 3.24 Å². The average molecular weight is 243 g/mol. The molecule has 1 saturated heterocycles. The number of hydrogen-bond acceptors (Lipinski definition) is 2. The lowest BCUT2D eigenvalue weighted by atomic mass is 9.64. The Hall–Kier alpha value is 0.310. The molecule has 0 radical (unpaired) electrons. The summed E-state index contributed by atoms with van der Waals surface area (Å²) in [6.45, 7) is 14.5. The fraction of sp³-hybridized carbons (Fsp3) is 1.00. The van der Waals surface area contributed by atoms with Crippen LogP contribution in [0.5, 0.6) is 0 Å². The van der Waals surface area contributed by atoms with Crippen molar-refractivity contribution in [3.63, 3.8) is 0 Å². The Kier molecular flexibility index (Phi) is 4.40. The zero-order valence-corrected chi connectivity index (χ0v) is 12.8. The Balaban J connectivity index is 2.71. The summed E-state index contributed by atoms with van der Waals surface area (Å²) >= 11 is 4.43. The summed E-state index contributed by atoms with van der Waals surface area (Å²) in [6.07, 6.45) is 1.33. The Labute approximate surface area is 107 Å². The highest BCUT2D eigenvalue weighted by Gasteiger charge is 2.48. The van der Waals surface area contributed by atoms with Crippen molar-refractivity contribution in [2.45, 2.75) is 41.0 Å². The molecule has 0 aromatic carbocycles. The molecule has 0 amide bonds. The first-order chi connectivity index (χ1) is 7.22. The van der Waals surface area contributed by atoms with Crippen molar-refractivity contribution < 1.29 is 0 Å². The summed E-state index contributed by atoms with van der Waals surface area (Å²) in [5.41, 5.74) is 0.894. The highest BCUT2D eigenvalue weighted by molar-refractivity contribution is 7.80. The van der Waals surface area contributed by atoms with E-state index >= 15 is 0 Å². The van der Waals surface area contributed by atoms with Gasteiger partial charge in [-0.05, 0) is 41.9 Å². The summed E-state index contributed by atoms with van der Waals surface area (Å²) in [6, 6.07) is 0. The van der Waals surface area contributed by atoms with Crippen LogP contribution in [0.2, 0.25) is 0 Å². The maximum absolute atomic E-state index is 4.43. The monoisotopic (exact) mass is 243 g/mol. The van der Waals surface area contributed by atoms with Gasteiger partial charge in [0.2, 0.25) is 0 Å². The molecule has 16 heavy (non-hydrogen) atoms. The van der Waals surface area contributed by atoms with Crippen molar-refractivity contribution in [3.8, 4) is 0 Å². The van der Waals surface area contributed by atoms with Gasteiger partial charge in [0.15, 0.2) is 0 Å². The molecule has 1 nitrogen and oxygen atoms in total. The van der Waals surface area contributed by atoms with Crippen LogP contribution in [-0.4, -0.2) is 30.8 Å². The van der Waals surface area contributed by atoms with E-state index < -0.39 is 0 Å². The molecule has 96 valence electrons. The normalized spacial score (nSPS) is 33.9. The van der Waals surface area contributed by atoms with E-state index in [2.05, 4.69) is 59.2 Å². The van der Waals surface area contributed by atoms with Gasteiger partial charge in [-0.3, -0.25) is 0 Å². The van der Waals surface area contributed by atoms with Crippen molar-refractivity contribution in [2.24, 2.45) is 22.7 Å². The summed E-state index contributed by atoms with van der Waals surface area (Å²) in [5.74, 6) is 2.50. The van der Waals surface area contributed by atoms with Crippen LogP contribution < -0.4 is 0 Å². The van der Waals surface area contributed by atoms with E-state index in [1.54, 1.807) is 0 Å². The van der Waals surface area contributed by atoms with Gasteiger partial charge in [0.25, 0.3) is 0 Å². The van der Waals surface area contributed by atoms with Gasteiger partial charge in [0.1, 0.15) is 0 Å². The minimum absolute atomic E-state index is 0.437. The van der Waals surface area contributed by atoms with Gasteiger partial charge in [-0.1, -0.05) is 34.6 Å². The van der Waals surface area contributed by atoms with Gasteiger partial charge in [-0.15, -0.1) is 0 Å². The molecule has 3 unspecified atom stereocenters. The molecule has 0 aliphatic carbocycles. The largest absolute Gasteiger partial charge is 0.305 e. The standard InChI is InChI=1S/C14H29NS/c1-11(12(2)8-16)7-14(5)10-15(6)9-13(14,3)4/h11-12,16H,7-10H2,1-6H3. The van der Waals surface area contributed by atoms with Crippen LogP contribution in [0.4, 0.5) is 0 Å². The first kappa shape index (κ1) is 14.4. The molecule has 1 rings (SSSR count). The lowest BCUT2D eigenvalue weighted by molar-refractivity contribution is 0.109. The third kappa shape index (κ3) is 2.76. The number of thiol groups is 1.